The number of aromatic nitrogens is 6. The molecule has 0 amide bonds. The van der Waals surface area contributed by atoms with Crippen LogP contribution in [0.5, 0.6) is 0 Å². The lowest BCUT2D eigenvalue weighted by Gasteiger charge is -2.55. The van der Waals surface area contributed by atoms with E-state index in [2.05, 4.69) is 93.5 Å². The first kappa shape index (κ1) is 33.5. The fourth-order valence-corrected chi connectivity index (χ4v) is 12.6. The minimum atomic E-state index is -1.05. The zero-order chi connectivity index (χ0) is 42.3. The summed E-state index contributed by atoms with van der Waals surface area (Å²) in [4.78, 5) is 41.9. The number of hydrogen-bond acceptors (Lipinski definition) is 8. The molecule has 10 nitrogen and oxygen atoms in total. The summed E-state index contributed by atoms with van der Waals surface area (Å²) >= 11 is 0. The van der Waals surface area contributed by atoms with Crippen LogP contribution in [0.3, 0.4) is 0 Å². The molecule has 3 spiro atoms. The first-order valence-electron chi connectivity index (χ1n) is 20.9. The van der Waals surface area contributed by atoms with Crippen molar-refractivity contribution in [3.05, 3.63) is 242 Å². The summed E-state index contributed by atoms with van der Waals surface area (Å²) in [6.45, 7) is 16.1. The van der Waals surface area contributed by atoms with Gasteiger partial charge in [0.25, 0.3) is 0 Å². The van der Waals surface area contributed by atoms with Gasteiger partial charge in [0.15, 0.2) is 0 Å². The van der Waals surface area contributed by atoms with E-state index < -0.39 is 16.2 Å². The molecule has 6 aromatic heterocycles. The summed E-state index contributed by atoms with van der Waals surface area (Å²) in [5.41, 5.74) is 17.4. The predicted octanol–water partition coefficient (Wildman–Crippen LogP) is 10.5. The van der Waals surface area contributed by atoms with Crippen molar-refractivity contribution in [2.75, 3.05) is 4.90 Å². The maximum Gasteiger partial charge on any atom is 0.205 e. The Bertz CT molecular complexity index is 3420. The van der Waals surface area contributed by atoms with Crippen molar-refractivity contribution in [2.45, 2.75) is 16.2 Å². The fourth-order valence-electron chi connectivity index (χ4n) is 12.6. The average Bonchev–Trinajstić information content (AvgIpc) is 3.93. The lowest BCUT2D eigenvalue weighted by Crippen LogP contribution is -2.48. The largest absolute Gasteiger partial charge is 0.308 e. The predicted molar refractivity (Wildman–Crippen MR) is 238 cm³/mol. The second-order valence-corrected chi connectivity index (χ2v) is 17.0. The molecule has 9 aromatic rings. The Hall–Kier alpha value is -9.17. The molecule has 64 heavy (non-hydrogen) atoms. The van der Waals surface area contributed by atoms with E-state index in [1.807, 2.05) is 55.0 Å². The van der Waals surface area contributed by atoms with E-state index in [9.17, 15) is 5.26 Å². The van der Waals surface area contributed by atoms with Crippen LogP contribution in [0.15, 0.2) is 146 Å². The van der Waals surface area contributed by atoms with Gasteiger partial charge in [-0.25, -0.2) is 9.69 Å². The van der Waals surface area contributed by atoms with E-state index in [0.29, 0.717) is 16.9 Å². The molecular formula is C54H24N10. The SMILES string of the molecule is [C-]#[N+]c1cnc2c(c1)-c1cccnc1C21c2cccc3c2N2c4c(cccc4C4(c5cccc1c52)c1ncccc1-c1cc([N+]#[C-])cnc14)C31c2ncccc2-c2cc(C#N)cnc21. The second-order valence-electron chi connectivity index (χ2n) is 17.0. The number of para-hydroxylation sites is 3. The average molecular weight is 813 g/mol. The molecule has 3 aliphatic heterocycles. The molecule has 2 unspecified atom stereocenters. The minimum Gasteiger partial charge on any atom is -0.308 e. The van der Waals surface area contributed by atoms with Crippen LogP contribution in [-0.4, -0.2) is 29.9 Å². The highest BCUT2D eigenvalue weighted by Gasteiger charge is 2.65. The van der Waals surface area contributed by atoms with Crippen LogP contribution >= 0.6 is 0 Å². The maximum atomic E-state index is 10.2. The highest BCUT2D eigenvalue weighted by molar-refractivity contribution is 6.07. The number of fused-ring (bicyclic) bond motifs is 21. The lowest BCUT2D eigenvalue weighted by atomic mass is 9.56. The van der Waals surface area contributed by atoms with Crippen LogP contribution in [0.2, 0.25) is 0 Å². The van der Waals surface area contributed by atoms with Gasteiger partial charge in [0, 0.05) is 59.4 Å². The summed E-state index contributed by atoms with van der Waals surface area (Å²) < 4.78 is 0. The molecule has 15 rings (SSSR count). The quantitative estimate of drug-likeness (QED) is 0.139. The number of rotatable bonds is 0. The van der Waals surface area contributed by atoms with Crippen molar-refractivity contribution in [1.82, 2.24) is 29.9 Å². The van der Waals surface area contributed by atoms with Crippen molar-refractivity contribution < 1.29 is 0 Å². The number of benzene rings is 3. The molecule has 0 saturated carbocycles. The molecule has 2 atom stereocenters. The first-order valence-corrected chi connectivity index (χ1v) is 20.9. The Morgan fingerprint density at radius 1 is 0.422 bits per heavy atom. The first-order chi connectivity index (χ1) is 31.6. The summed E-state index contributed by atoms with van der Waals surface area (Å²) in [6.07, 6.45) is 10.6. The van der Waals surface area contributed by atoms with Crippen LogP contribution in [0.1, 0.15) is 73.1 Å². The summed E-state index contributed by atoms with van der Waals surface area (Å²) in [6, 6.07) is 40.0. The topological polar surface area (TPSA) is 113 Å². The number of nitrogens with zero attached hydrogens (tertiary/aromatic N) is 10. The summed E-state index contributed by atoms with van der Waals surface area (Å²) in [5, 5.41) is 10.2. The Labute approximate surface area is 365 Å². The van der Waals surface area contributed by atoms with E-state index in [1.54, 1.807) is 18.6 Å². The van der Waals surface area contributed by atoms with Crippen molar-refractivity contribution in [2.24, 2.45) is 0 Å². The highest BCUT2D eigenvalue weighted by Crippen LogP contribution is 2.74. The van der Waals surface area contributed by atoms with Crippen molar-refractivity contribution in [3.8, 4) is 39.4 Å². The smallest absolute Gasteiger partial charge is 0.205 e. The third kappa shape index (κ3) is 3.32. The third-order valence-electron chi connectivity index (χ3n) is 14.6. The Kier molecular flexibility index (Phi) is 5.77. The number of nitriles is 1. The Morgan fingerprint density at radius 3 is 1.12 bits per heavy atom. The van der Waals surface area contributed by atoms with Crippen molar-refractivity contribution in [1.29, 1.82) is 5.26 Å². The van der Waals surface area contributed by atoms with E-state index in [-0.39, 0.29) is 0 Å². The molecule has 3 aromatic carbocycles. The van der Waals surface area contributed by atoms with Gasteiger partial charge in [0.2, 0.25) is 11.4 Å². The minimum absolute atomic E-state index is 0.452. The lowest BCUT2D eigenvalue weighted by molar-refractivity contribution is 0.632. The van der Waals surface area contributed by atoms with E-state index in [0.717, 1.165) is 118 Å². The van der Waals surface area contributed by atoms with E-state index in [1.165, 1.54) is 0 Å². The van der Waals surface area contributed by atoms with E-state index >= 15 is 0 Å². The van der Waals surface area contributed by atoms with Gasteiger partial charge in [-0.1, -0.05) is 72.8 Å². The molecule has 0 saturated heterocycles. The van der Waals surface area contributed by atoms with Crippen LogP contribution in [0, 0.1) is 24.5 Å². The van der Waals surface area contributed by atoms with Gasteiger partial charge in [0.05, 0.1) is 69.9 Å². The molecule has 0 radical (unpaired) electrons. The molecule has 0 bridgehead atoms. The van der Waals surface area contributed by atoms with Gasteiger partial charge in [-0.05, 0) is 80.9 Å². The van der Waals surface area contributed by atoms with Gasteiger partial charge in [-0.3, -0.25) is 29.9 Å². The highest BCUT2D eigenvalue weighted by atomic mass is 15.2. The number of anilines is 3. The molecule has 0 N–H and O–H groups in total. The second kappa shape index (κ2) is 11.0. The Balaban J connectivity index is 1.21. The molecule has 290 valence electrons. The van der Waals surface area contributed by atoms with Gasteiger partial charge in [-0.15, -0.1) is 0 Å². The maximum absolute atomic E-state index is 10.2. The molecule has 0 fully saturated rings. The molecule has 6 aliphatic rings. The molecular weight excluding hydrogens is 789 g/mol. The van der Waals surface area contributed by atoms with Gasteiger partial charge in [0.1, 0.15) is 22.3 Å². The summed E-state index contributed by atoms with van der Waals surface area (Å²) in [7, 11) is 0. The van der Waals surface area contributed by atoms with Crippen LogP contribution in [-0.2, 0) is 16.2 Å². The van der Waals surface area contributed by atoms with Gasteiger partial charge >= 0.3 is 0 Å². The van der Waals surface area contributed by atoms with Gasteiger partial charge < -0.3 is 4.90 Å². The molecule has 10 heteroatoms. The van der Waals surface area contributed by atoms with E-state index in [4.69, 9.17) is 43.0 Å². The number of pyridine rings is 6. The molecule has 3 aliphatic carbocycles. The van der Waals surface area contributed by atoms with Crippen LogP contribution in [0.4, 0.5) is 28.4 Å². The monoisotopic (exact) mass is 812 g/mol. The van der Waals surface area contributed by atoms with Crippen LogP contribution < -0.4 is 4.90 Å². The zero-order valence-electron chi connectivity index (χ0n) is 33.3. The third-order valence-corrected chi connectivity index (χ3v) is 14.6. The normalized spacial score (nSPS) is 20.3. The zero-order valence-corrected chi connectivity index (χ0v) is 33.3. The molecule has 9 heterocycles. The van der Waals surface area contributed by atoms with Gasteiger partial charge in [-0.2, -0.15) is 5.26 Å². The standard InChI is InChI=1S/C54H24N10/c1-56-29-22-35-32-10-7-19-59-47(32)53(50(35)62-26-29)39-14-3-12-37-43(39)64-44-38(52(37)46-31(9-6-18-58-46)34-21-28(24-55)25-61-49(34)52)13-4-15-40(44)54(42-17-5-16-41(53)45(42)64)48-33(11-8-20-60-48)36-23-30(57-2)27-63-51(36)54/h3-23,25-27H. The summed E-state index contributed by atoms with van der Waals surface area (Å²) in [5.74, 6) is 0. The van der Waals surface area contributed by atoms with Crippen molar-refractivity contribution in [3.63, 3.8) is 0 Å². The number of hydrogen-bond donors (Lipinski definition) is 0. The Morgan fingerprint density at radius 2 is 0.766 bits per heavy atom. The fraction of sp³-hybridized carbons (Fsp3) is 0.0556. The van der Waals surface area contributed by atoms with Crippen molar-refractivity contribution >= 4 is 28.4 Å². The van der Waals surface area contributed by atoms with Crippen LogP contribution in [0.25, 0.3) is 43.1 Å².